The van der Waals surface area contributed by atoms with E-state index in [0.717, 1.165) is 11.3 Å². The van der Waals surface area contributed by atoms with Crippen molar-refractivity contribution in [3.63, 3.8) is 0 Å². The zero-order chi connectivity index (χ0) is 18.8. The van der Waals surface area contributed by atoms with Crippen molar-refractivity contribution in [1.29, 1.82) is 0 Å². The second-order valence-corrected chi connectivity index (χ2v) is 6.17. The van der Waals surface area contributed by atoms with Crippen LogP contribution in [-0.2, 0) is 0 Å². The Bertz CT molecular complexity index is 931. The van der Waals surface area contributed by atoms with E-state index in [1.165, 1.54) is 6.33 Å². The molecule has 0 amide bonds. The van der Waals surface area contributed by atoms with Crippen LogP contribution in [0.15, 0.2) is 54.9 Å². The minimum absolute atomic E-state index is 0.0820. The molecule has 0 unspecified atom stereocenters. The van der Waals surface area contributed by atoms with Gasteiger partial charge in [-0.25, -0.2) is 4.68 Å². The molecule has 0 saturated heterocycles. The molecule has 0 saturated carbocycles. The van der Waals surface area contributed by atoms with Gasteiger partial charge in [0.25, 0.3) is 0 Å². The standard InChI is InChI=1S/C19H18F2N4O2/c1-26-13-6-4-5-12(9-13)15-10-16(25-19(24-15)22-11-23-25)14-7-2-3-8-17(14)27-18(20)21/h2-9,11,15-16,18H,10H2,1H3,(H,22,23,24)/t15-,16+/m0/s1. The van der Waals surface area contributed by atoms with E-state index < -0.39 is 6.61 Å². The van der Waals surface area contributed by atoms with E-state index in [1.54, 1.807) is 36.1 Å². The molecular formula is C19H18F2N4O2. The van der Waals surface area contributed by atoms with Crippen LogP contribution in [0.3, 0.4) is 0 Å². The van der Waals surface area contributed by atoms with E-state index in [0.29, 0.717) is 17.9 Å². The number of hydrogen-bond donors (Lipinski definition) is 1. The van der Waals surface area contributed by atoms with Crippen molar-refractivity contribution in [2.75, 3.05) is 12.4 Å². The predicted octanol–water partition coefficient (Wildman–Crippen LogP) is 4.03. The van der Waals surface area contributed by atoms with Crippen molar-refractivity contribution in [2.45, 2.75) is 25.1 Å². The summed E-state index contributed by atoms with van der Waals surface area (Å²) in [6.07, 6.45) is 2.03. The average Bonchev–Trinajstić information content (AvgIpc) is 3.16. The first kappa shape index (κ1) is 17.3. The lowest BCUT2D eigenvalue weighted by molar-refractivity contribution is -0.0507. The molecule has 2 aromatic carbocycles. The fourth-order valence-corrected chi connectivity index (χ4v) is 3.41. The average molecular weight is 372 g/mol. The SMILES string of the molecule is COc1cccc([C@@H]2C[C@H](c3ccccc3OC(F)F)n3ncnc3N2)c1. The van der Waals surface area contributed by atoms with Crippen molar-refractivity contribution in [3.8, 4) is 11.5 Å². The maximum absolute atomic E-state index is 12.8. The van der Waals surface area contributed by atoms with Gasteiger partial charge in [-0.05, 0) is 30.2 Å². The molecule has 1 N–H and O–H groups in total. The van der Waals surface area contributed by atoms with Crippen LogP contribution in [0.1, 0.15) is 29.6 Å². The van der Waals surface area contributed by atoms with Gasteiger partial charge in [0.2, 0.25) is 5.95 Å². The summed E-state index contributed by atoms with van der Waals surface area (Å²) in [6, 6.07) is 14.1. The van der Waals surface area contributed by atoms with Crippen LogP contribution in [0.2, 0.25) is 0 Å². The number of anilines is 1. The number of halogens is 2. The monoisotopic (exact) mass is 372 g/mol. The smallest absolute Gasteiger partial charge is 0.387 e. The zero-order valence-electron chi connectivity index (χ0n) is 14.5. The molecule has 1 aromatic heterocycles. The third-order valence-corrected chi connectivity index (χ3v) is 4.62. The van der Waals surface area contributed by atoms with Crippen LogP contribution in [0.4, 0.5) is 14.7 Å². The first-order valence-electron chi connectivity index (χ1n) is 8.49. The van der Waals surface area contributed by atoms with E-state index in [9.17, 15) is 8.78 Å². The highest BCUT2D eigenvalue weighted by Gasteiger charge is 2.32. The van der Waals surface area contributed by atoms with E-state index in [1.807, 2.05) is 24.3 Å². The van der Waals surface area contributed by atoms with Crippen molar-refractivity contribution in [2.24, 2.45) is 0 Å². The number of rotatable bonds is 5. The fraction of sp³-hybridized carbons (Fsp3) is 0.263. The van der Waals surface area contributed by atoms with Gasteiger partial charge in [0.1, 0.15) is 17.8 Å². The summed E-state index contributed by atoms with van der Waals surface area (Å²) in [5, 5.41) is 7.62. The van der Waals surface area contributed by atoms with Gasteiger partial charge in [-0.1, -0.05) is 30.3 Å². The number of benzene rings is 2. The minimum atomic E-state index is -2.89. The number of fused-ring (bicyclic) bond motifs is 1. The topological polar surface area (TPSA) is 61.2 Å². The van der Waals surface area contributed by atoms with Crippen LogP contribution in [0.25, 0.3) is 0 Å². The van der Waals surface area contributed by atoms with E-state index >= 15 is 0 Å². The molecule has 6 nitrogen and oxygen atoms in total. The van der Waals surface area contributed by atoms with Gasteiger partial charge in [-0.15, -0.1) is 0 Å². The summed E-state index contributed by atoms with van der Waals surface area (Å²) in [7, 11) is 1.62. The number of aromatic nitrogens is 3. The summed E-state index contributed by atoms with van der Waals surface area (Å²) in [5.41, 5.74) is 1.65. The number of alkyl halides is 2. The molecule has 2 atom stereocenters. The highest BCUT2D eigenvalue weighted by molar-refractivity contribution is 5.43. The molecule has 4 rings (SSSR count). The molecule has 1 aliphatic rings. The Labute approximate surface area is 154 Å². The maximum atomic E-state index is 12.8. The molecule has 0 radical (unpaired) electrons. The van der Waals surface area contributed by atoms with Gasteiger partial charge < -0.3 is 14.8 Å². The molecule has 0 fully saturated rings. The summed E-state index contributed by atoms with van der Waals surface area (Å²) in [4.78, 5) is 4.26. The molecule has 140 valence electrons. The van der Waals surface area contributed by atoms with E-state index in [-0.39, 0.29) is 17.8 Å². The van der Waals surface area contributed by atoms with Crippen LogP contribution in [0.5, 0.6) is 11.5 Å². The zero-order valence-corrected chi connectivity index (χ0v) is 14.5. The highest BCUT2D eigenvalue weighted by atomic mass is 19.3. The van der Waals surface area contributed by atoms with Crippen molar-refractivity contribution < 1.29 is 18.3 Å². The minimum Gasteiger partial charge on any atom is -0.497 e. The van der Waals surface area contributed by atoms with Crippen molar-refractivity contribution in [3.05, 3.63) is 66.0 Å². The molecule has 0 spiro atoms. The quantitative estimate of drug-likeness (QED) is 0.733. The van der Waals surface area contributed by atoms with Gasteiger partial charge in [0, 0.05) is 5.56 Å². The van der Waals surface area contributed by atoms with Crippen LogP contribution < -0.4 is 14.8 Å². The summed E-state index contributed by atoms with van der Waals surface area (Å²) in [5.74, 6) is 1.47. The first-order chi connectivity index (χ1) is 13.2. The van der Waals surface area contributed by atoms with Crippen LogP contribution in [-0.4, -0.2) is 28.5 Å². The summed E-state index contributed by atoms with van der Waals surface area (Å²) < 4.78 is 37.4. The Kier molecular flexibility index (Phi) is 4.62. The van der Waals surface area contributed by atoms with E-state index in [4.69, 9.17) is 9.47 Å². The van der Waals surface area contributed by atoms with Crippen molar-refractivity contribution in [1.82, 2.24) is 14.8 Å². The predicted molar refractivity (Wildman–Crippen MR) is 95.2 cm³/mol. The lowest BCUT2D eigenvalue weighted by Crippen LogP contribution is -2.28. The third kappa shape index (κ3) is 3.42. The molecule has 0 aliphatic carbocycles. The number of nitrogens with one attached hydrogen (secondary N) is 1. The number of para-hydroxylation sites is 1. The van der Waals surface area contributed by atoms with Crippen LogP contribution >= 0.6 is 0 Å². The second kappa shape index (κ2) is 7.22. The molecule has 8 heteroatoms. The Morgan fingerprint density at radius 2 is 2.04 bits per heavy atom. The summed E-state index contributed by atoms with van der Waals surface area (Å²) in [6.45, 7) is -2.89. The molecule has 1 aliphatic heterocycles. The molecule has 27 heavy (non-hydrogen) atoms. The van der Waals surface area contributed by atoms with Crippen molar-refractivity contribution >= 4 is 5.95 Å². The van der Waals surface area contributed by atoms with Gasteiger partial charge in [-0.2, -0.15) is 18.9 Å². The maximum Gasteiger partial charge on any atom is 0.387 e. The van der Waals surface area contributed by atoms with Crippen LogP contribution in [0, 0.1) is 0 Å². The lowest BCUT2D eigenvalue weighted by Gasteiger charge is -2.32. The first-order valence-corrected chi connectivity index (χ1v) is 8.49. The summed E-state index contributed by atoms with van der Waals surface area (Å²) >= 11 is 0. The second-order valence-electron chi connectivity index (χ2n) is 6.17. The van der Waals surface area contributed by atoms with Gasteiger partial charge in [0.15, 0.2) is 0 Å². The highest BCUT2D eigenvalue weighted by Crippen LogP contribution is 2.41. The Morgan fingerprint density at radius 1 is 1.19 bits per heavy atom. The Balaban J connectivity index is 1.73. The normalized spacial score (nSPS) is 18.7. The lowest BCUT2D eigenvalue weighted by atomic mass is 9.93. The molecule has 2 heterocycles. The number of nitrogens with zero attached hydrogens (tertiary/aromatic N) is 3. The fourth-order valence-electron chi connectivity index (χ4n) is 3.41. The molecule has 0 bridgehead atoms. The number of ether oxygens (including phenoxy) is 2. The molecule has 3 aromatic rings. The Morgan fingerprint density at radius 3 is 2.85 bits per heavy atom. The number of methoxy groups -OCH3 is 1. The van der Waals surface area contributed by atoms with Gasteiger partial charge in [0.05, 0.1) is 19.2 Å². The Hall–Kier alpha value is -3.16. The van der Waals surface area contributed by atoms with Gasteiger partial charge >= 0.3 is 6.61 Å². The third-order valence-electron chi connectivity index (χ3n) is 4.62. The van der Waals surface area contributed by atoms with E-state index in [2.05, 4.69) is 15.4 Å². The van der Waals surface area contributed by atoms with Gasteiger partial charge in [-0.3, -0.25) is 0 Å². The number of hydrogen-bond acceptors (Lipinski definition) is 5. The molecular weight excluding hydrogens is 354 g/mol. The largest absolute Gasteiger partial charge is 0.497 e.